The van der Waals surface area contributed by atoms with E-state index in [-0.39, 0.29) is 0 Å². The van der Waals surface area contributed by atoms with Crippen molar-refractivity contribution < 1.29 is 0 Å². The van der Waals surface area contributed by atoms with E-state index in [0.29, 0.717) is 5.82 Å². The number of hydrogen-bond donors (Lipinski definition) is 3. The van der Waals surface area contributed by atoms with Crippen molar-refractivity contribution in [2.24, 2.45) is 0 Å². The first kappa shape index (κ1) is 17.0. The predicted octanol–water partition coefficient (Wildman–Crippen LogP) is 3.56. The molecule has 0 spiro atoms. The zero-order chi connectivity index (χ0) is 19.9. The minimum Gasteiger partial charge on any atom is -0.347 e. The van der Waals surface area contributed by atoms with Crippen molar-refractivity contribution in [1.29, 1.82) is 0 Å². The summed E-state index contributed by atoms with van der Waals surface area (Å²) in [6.45, 7) is 0. The molecule has 6 heterocycles. The SMILES string of the molecule is c1c[nH]c(N2C(c3ccn[nH]3)=C(c3ncc[nH]3)N(c3ccsn3)N2c2nccs2)c1. The van der Waals surface area contributed by atoms with E-state index in [0.717, 1.165) is 33.9 Å². The fraction of sp³-hybridized carbons (Fsp3) is 0. The minimum atomic E-state index is 0.697. The molecule has 0 saturated carbocycles. The van der Waals surface area contributed by atoms with Crippen LogP contribution in [0.2, 0.25) is 0 Å². The second-order valence-corrected chi connectivity index (χ2v) is 7.78. The molecule has 0 fully saturated rings. The largest absolute Gasteiger partial charge is 0.347 e. The lowest BCUT2D eigenvalue weighted by Gasteiger charge is -2.34. The normalized spacial score (nSPS) is 14.3. The number of imidazole rings is 1. The predicted molar refractivity (Wildman–Crippen MR) is 116 cm³/mol. The monoisotopic (exact) mass is 434 g/mol. The van der Waals surface area contributed by atoms with Crippen molar-refractivity contribution in [3.05, 3.63) is 77.5 Å². The lowest BCUT2D eigenvalue weighted by Crippen LogP contribution is -2.47. The van der Waals surface area contributed by atoms with Gasteiger partial charge in [0.1, 0.15) is 17.2 Å². The van der Waals surface area contributed by atoms with Crippen LogP contribution in [-0.2, 0) is 0 Å². The quantitative estimate of drug-likeness (QED) is 0.388. The maximum absolute atomic E-state index is 4.61. The van der Waals surface area contributed by atoms with Crippen LogP contribution in [0.4, 0.5) is 16.8 Å². The summed E-state index contributed by atoms with van der Waals surface area (Å²) in [6, 6.07) is 7.86. The first-order chi connectivity index (χ1) is 14.9. The third-order valence-corrected chi connectivity index (χ3v) is 5.83. The van der Waals surface area contributed by atoms with E-state index in [1.807, 2.05) is 56.4 Å². The molecule has 148 valence electrons. The summed E-state index contributed by atoms with van der Waals surface area (Å²) in [7, 11) is 0. The summed E-state index contributed by atoms with van der Waals surface area (Å²) in [4.78, 5) is 15.7. The van der Waals surface area contributed by atoms with E-state index in [2.05, 4.69) is 34.5 Å². The van der Waals surface area contributed by atoms with E-state index >= 15 is 0 Å². The molecule has 3 N–H and O–H groups in total. The van der Waals surface area contributed by atoms with Gasteiger partial charge in [-0.15, -0.1) is 16.5 Å². The summed E-state index contributed by atoms with van der Waals surface area (Å²) in [5.74, 6) is 2.31. The number of rotatable bonds is 5. The Labute approximate surface area is 178 Å². The van der Waals surface area contributed by atoms with Crippen LogP contribution in [0.1, 0.15) is 11.5 Å². The van der Waals surface area contributed by atoms with Crippen LogP contribution in [0, 0.1) is 0 Å². The van der Waals surface area contributed by atoms with Gasteiger partial charge >= 0.3 is 0 Å². The number of aromatic nitrogens is 7. The van der Waals surface area contributed by atoms with Crippen LogP contribution >= 0.6 is 22.9 Å². The third kappa shape index (κ3) is 2.54. The number of nitrogens with one attached hydrogen (secondary N) is 3. The molecule has 0 aliphatic carbocycles. The molecule has 0 saturated heterocycles. The molecular formula is C18H14N10S2. The van der Waals surface area contributed by atoms with Crippen molar-refractivity contribution >= 4 is 51.0 Å². The lowest BCUT2D eigenvalue weighted by molar-refractivity contribution is 0.845. The van der Waals surface area contributed by atoms with Gasteiger partial charge in [-0.2, -0.15) is 9.47 Å². The molecule has 6 rings (SSSR count). The van der Waals surface area contributed by atoms with Crippen LogP contribution in [0.5, 0.6) is 0 Å². The van der Waals surface area contributed by atoms with Gasteiger partial charge in [0.15, 0.2) is 11.6 Å². The topological polar surface area (TPSA) is 109 Å². The van der Waals surface area contributed by atoms with Gasteiger partial charge in [-0.3, -0.25) is 5.10 Å². The fourth-order valence-corrected chi connectivity index (χ4v) is 4.52. The van der Waals surface area contributed by atoms with Crippen molar-refractivity contribution in [1.82, 2.24) is 34.5 Å². The summed E-state index contributed by atoms with van der Waals surface area (Å²) >= 11 is 2.92. The molecule has 5 aromatic heterocycles. The number of aromatic amines is 3. The van der Waals surface area contributed by atoms with Gasteiger partial charge in [-0.05, 0) is 35.8 Å². The fourth-order valence-electron chi connectivity index (χ4n) is 3.40. The van der Waals surface area contributed by atoms with Gasteiger partial charge in [0.25, 0.3) is 0 Å². The number of nitrogens with zero attached hydrogens (tertiary/aromatic N) is 7. The molecule has 1 aliphatic heterocycles. The highest BCUT2D eigenvalue weighted by atomic mass is 32.1. The Balaban J connectivity index is 1.69. The second kappa shape index (κ2) is 6.86. The van der Waals surface area contributed by atoms with Crippen LogP contribution in [0.25, 0.3) is 11.4 Å². The van der Waals surface area contributed by atoms with Gasteiger partial charge in [-0.25, -0.2) is 20.0 Å². The highest BCUT2D eigenvalue weighted by Crippen LogP contribution is 2.45. The molecule has 0 unspecified atom stereocenters. The summed E-state index contributed by atoms with van der Waals surface area (Å²) in [5.41, 5.74) is 2.50. The van der Waals surface area contributed by atoms with Gasteiger partial charge in [-0.1, -0.05) is 0 Å². The molecule has 30 heavy (non-hydrogen) atoms. The van der Waals surface area contributed by atoms with Crippen LogP contribution < -0.4 is 15.1 Å². The molecule has 1 aliphatic rings. The molecule has 12 heteroatoms. The maximum Gasteiger partial charge on any atom is 0.226 e. The van der Waals surface area contributed by atoms with Crippen molar-refractivity contribution in [3.63, 3.8) is 0 Å². The average Bonchev–Trinajstić information content (AvgIpc) is 3.61. The smallest absolute Gasteiger partial charge is 0.226 e. The van der Waals surface area contributed by atoms with E-state index in [4.69, 9.17) is 0 Å². The number of H-pyrrole nitrogens is 3. The molecule has 0 amide bonds. The Bertz CT molecular complexity index is 1160. The van der Waals surface area contributed by atoms with Gasteiger partial charge in [0.05, 0.1) is 5.69 Å². The van der Waals surface area contributed by atoms with Gasteiger partial charge < -0.3 is 9.97 Å². The summed E-state index contributed by atoms with van der Waals surface area (Å²) in [5, 5.41) is 18.0. The van der Waals surface area contributed by atoms with E-state index in [1.165, 1.54) is 22.9 Å². The number of hydrazine groups is 2. The van der Waals surface area contributed by atoms with Crippen molar-refractivity contribution in [3.8, 4) is 0 Å². The molecule has 0 atom stereocenters. The van der Waals surface area contributed by atoms with E-state index in [1.54, 1.807) is 24.8 Å². The molecule has 5 aromatic rings. The Morgan fingerprint density at radius 2 is 1.87 bits per heavy atom. The first-order valence-corrected chi connectivity index (χ1v) is 10.7. The number of thiazole rings is 1. The summed E-state index contributed by atoms with van der Waals surface area (Å²) < 4.78 is 4.61. The molecule has 0 radical (unpaired) electrons. The zero-order valence-electron chi connectivity index (χ0n) is 15.3. The van der Waals surface area contributed by atoms with Gasteiger partial charge in [0, 0.05) is 41.7 Å². The Hall–Kier alpha value is -3.90. The first-order valence-electron chi connectivity index (χ1n) is 8.99. The lowest BCUT2D eigenvalue weighted by atomic mass is 10.2. The third-order valence-electron chi connectivity index (χ3n) is 4.55. The second-order valence-electron chi connectivity index (χ2n) is 6.25. The van der Waals surface area contributed by atoms with E-state index in [9.17, 15) is 0 Å². The molecule has 0 bridgehead atoms. The van der Waals surface area contributed by atoms with Crippen LogP contribution in [-0.4, -0.2) is 34.5 Å². The van der Waals surface area contributed by atoms with Crippen LogP contribution in [0.3, 0.4) is 0 Å². The van der Waals surface area contributed by atoms with Crippen molar-refractivity contribution in [2.45, 2.75) is 0 Å². The van der Waals surface area contributed by atoms with Crippen molar-refractivity contribution in [2.75, 3.05) is 15.1 Å². The Morgan fingerprint density at radius 3 is 2.53 bits per heavy atom. The number of anilines is 3. The zero-order valence-corrected chi connectivity index (χ0v) is 16.9. The number of hydrogen-bond acceptors (Lipinski definition) is 9. The Morgan fingerprint density at radius 1 is 0.867 bits per heavy atom. The highest BCUT2D eigenvalue weighted by Gasteiger charge is 2.44. The molecular weight excluding hydrogens is 420 g/mol. The standard InChI is InChI=1S/C18H14N10S2/c1-2-13(19-5-1)26-15(12-3-6-23-24-12)16(17-20-7-8-21-17)27(14-4-10-30-25-14)28(26)18-22-9-11-29-18/h1-11,19H,(H,20,21)(H,23,24). The maximum atomic E-state index is 4.61. The molecule has 10 nitrogen and oxygen atoms in total. The minimum absolute atomic E-state index is 0.697. The summed E-state index contributed by atoms with van der Waals surface area (Å²) in [6.07, 6.45) is 8.94. The van der Waals surface area contributed by atoms with E-state index < -0.39 is 0 Å². The average molecular weight is 435 g/mol. The molecule has 0 aromatic carbocycles. The highest BCUT2D eigenvalue weighted by molar-refractivity contribution is 7.13. The van der Waals surface area contributed by atoms with Crippen LogP contribution in [0.15, 0.2) is 66.0 Å². The Kier molecular flexibility index (Phi) is 3.89. The van der Waals surface area contributed by atoms with Gasteiger partial charge in [0.2, 0.25) is 5.13 Å².